The number of rotatable bonds is 19. The van der Waals surface area contributed by atoms with Crippen molar-refractivity contribution < 1.29 is 38.0 Å². The highest BCUT2D eigenvalue weighted by atomic mass is 16.6. The Morgan fingerprint density at radius 3 is 1.39 bits per heavy atom. The predicted molar refractivity (Wildman–Crippen MR) is 135 cm³/mol. The topological polar surface area (TPSA) is 89.5 Å². The van der Waals surface area contributed by atoms with Gasteiger partial charge >= 0.3 is 11.9 Å². The van der Waals surface area contributed by atoms with Crippen LogP contribution < -0.4 is 9.47 Å². The quantitative estimate of drug-likeness (QED) is 0.162. The number of benzene rings is 2. The van der Waals surface area contributed by atoms with Gasteiger partial charge in [-0.05, 0) is 37.1 Å². The van der Waals surface area contributed by atoms with Crippen molar-refractivity contribution in [1.82, 2.24) is 0 Å². The first-order valence-electron chi connectivity index (χ1n) is 11.8. The summed E-state index contributed by atoms with van der Waals surface area (Å²) in [5.41, 5.74) is 0. The molecule has 0 bridgehead atoms. The van der Waals surface area contributed by atoms with Gasteiger partial charge < -0.3 is 28.4 Å². The van der Waals surface area contributed by atoms with Crippen molar-refractivity contribution in [2.45, 2.75) is 25.0 Å². The molecule has 2 unspecified atom stereocenters. The number of para-hydroxylation sites is 2. The summed E-state index contributed by atoms with van der Waals surface area (Å²) in [5.74, 6) is 0.311. The van der Waals surface area contributed by atoms with E-state index >= 15 is 0 Å². The van der Waals surface area contributed by atoms with Gasteiger partial charge in [-0.25, -0.2) is 9.59 Å². The van der Waals surface area contributed by atoms with Crippen molar-refractivity contribution in [2.75, 3.05) is 39.6 Å². The van der Waals surface area contributed by atoms with Crippen molar-refractivity contribution >= 4 is 11.9 Å². The average Bonchev–Trinajstić information content (AvgIpc) is 2.92. The van der Waals surface area contributed by atoms with Crippen LogP contribution in [-0.4, -0.2) is 63.8 Å². The molecule has 0 aromatic heterocycles. The molecule has 0 N–H and O–H groups in total. The number of ether oxygens (including phenoxy) is 6. The smallest absolute Gasteiger partial charge is 0.330 e. The van der Waals surface area contributed by atoms with Crippen molar-refractivity contribution in [3.63, 3.8) is 0 Å². The van der Waals surface area contributed by atoms with Crippen LogP contribution in [-0.2, 0) is 28.5 Å². The standard InChI is InChI=1S/C28H34O8/c1-3-27(29)33-21-25(35-23-13-7-5-8-14-23)19-31-17-11-12-18-32-20-26(22-34-28(30)4-2)36-24-15-9-6-10-16-24/h3-10,13-16,25-26H,1-2,11-12,17-22H2. The third kappa shape index (κ3) is 12.7. The summed E-state index contributed by atoms with van der Waals surface area (Å²) < 4.78 is 33.4. The summed E-state index contributed by atoms with van der Waals surface area (Å²) in [6.45, 7) is 8.43. The highest BCUT2D eigenvalue weighted by Crippen LogP contribution is 2.13. The molecular weight excluding hydrogens is 464 g/mol. The van der Waals surface area contributed by atoms with Crippen LogP contribution >= 0.6 is 0 Å². The van der Waals surface area contributed by atoms with Crippen LogP contribution in [0, 0.1) is 0 Å². The van der Waals surface area contributed by atoms with Crippen molar-refractivity contribution in [2.24, 2.45) is 0 Å². The third-order valence-electron chi connectivity index (χ3n) is 4.68. The minimum Gasteiger partial charge on any atom is -0.484 e. The second-order valence-corrected chi connectivity index (χ2v) is 7.63. The Bertz CT molecular complexity index is 825. The lowest BCUT2D eigenvalue weighted by Gasteiger charge is -2.19. The van der Waals surface area contributed by atoms with Gasteiger partial charge in [-0.2, -0.15) is 0 Å². The highest BCUT2D eigenvalue weighted by molar-refractivity contribution is 5.81. The van der Waals surface area contributed by atoms with Crippen LogP contribution in [0.3, 0.4) is 0 Å². The lowest BCUT2D eigenvalue weighted by atomic mass is 10.3. The van der Waals surface area contributed by atoms with E-state index in [9.17, 15) is 9.59 Å². The summed E-state index contributed by atoms with van der Waals surface area (Å²) in [4.78, 5) is 22.8. The summed E-state index contributed by atoms with van der Waals surface area (Å²) in [6, 6.07) is 18.5. The molecule has 2 aromatic rings. The van der Waals surface area contributed by atoms with E-state index < -0.39 is 24.1 Å². The molecule has 8 nitrogen and oxygen atoms in total. The minimum atomic E-state index is -0.511. The maximum absolute atomic E-state index is 11.4. The van der Waals surface area contributed by atoms with Crippen LogP contribution in [0.25, 0.3) is 0 Å². The van der Waals surface area contributed by atoms with E-state index in [1.165, 1.54) is 0 Å². The molecule has 0 saturated heterocycles. The SMILES string of the molecule is C=CC(=O)OCC(COCCCCOCC(COC(=O)C=C)Oc1ccccc1)Oc1ccccc1. The fourth-order valence-corrected chi connectivity index (χ4v) is 2.92. The van der Waals surface area contributed by atoms with Crippen molar-refractivity contribution in [3.8, 4) is 11.5 Å². The molecule has 2 rings (SSSR count). The largest absolute Gasteiger partial charge is 0.484 e. The molecule has 0 spiro atoms. The first-order valence-corrected chi connectivity index (χ1v) is 11.8. The van der Waals surface area contributed by atoms with E-state index in [4.69, 9.17) is 28.4 Å². The van der Waals surface area contributed by atoms with Crippen molar-refractivity contribution in [3.05, 3.63) is 86.0 Å². The summed E-state index contributed by atoms with van der Waals surface area (Å²) in [5, 5.41) is 0. The third-order valence-corrected chi connectivity index (χ3v) is 4.68. The van der Waals surface area contributed by atoms with E-state index in [0.29, 0.717) is 24.7 Å². The zero-order valence-corrected chi connectivity index (χ0v) is 20.4. The molecule has 0 amide bonds. The van der Waals surface area contributed by atoms with E-state index in [1.807, 2.05) is 60.7 Å². The summed E-state index contributed by atoms with van der Waals surface area (Å²) >= 11 is 0. The van der Waals surface area contributed by atoms with E-state index in [0.717, 1.165) is 25.0 Å². The second kappa shape index (κ2) is 17.8. The molecule has 0 aliphatic rings. The molecule has 36 heavy (non-hydrogen) atoms. The van der Waals surface area contributed by atoms with Gasteiger partial charge in [-0.1, -0.05) is 49.6 Å². The Balaban J connectivity index is 1.66. The Morgan fingerprint density at radius 1 is 0.639 bits per heavy atom. The van der Waals surface area contributed by atoms with Crippen LogP contribution in [0.5, 0.6) is 11.5 Å². The lowest BCUT2D eigenvalue weighted by molar-refractivity contribution is -0.142. The maximum Gasteiger partial charge on any atom is 0.330 e. The van der Waals surface area contributed by atoms with Gasteiger partial charge in [0.1, 0.15) is 24.7 Å². The first kappa shape index (κ1) is 28.6. The van der Waals surface area contributed by atoms with Crippen LogP contribution in [0.4, 0.5) is 0 Å². The zero-order valence-electron chi connectivity index (χ0n) is 20.4. The minimum absolute atomic E-state index is 0.0576. The Kier molecular flexibility index (Phi) is 14.1. The number of unbranched alkanes of at least 4 members (excludes halogenated alkanes) is 1. The number of carbonyl (C=O) groups is 2. The van der Waals surface area contributed by atoms with Crippen LogP contribution in [0.1, 0.15) is 12.8 Å². The number of carbonyl (C=O) groups excluding carboxylic acids is 2. The maximum atomic E-state index is 11.4. The molecule has 0 saturated carbocycles. The van der Waals surface area contributed by atoms with Gasteiger partial charge in [-0.3, -0.25) is 0 Å². The monoisotopic (exact) mass is 498 g/mol. The van der Waals surface area contributed by atoms with Crippen LogP contribution in [0.15, 0.2) is 86.0 Å². The first-order chi connectivity index (χ1) is 17.6. The van der Waals surface area contributed by atoms with Gasteiger partial charge in [0.25, 0.3) is 0 Å². The molecule has 0 radical (unpaired) electrons. The van der Waals surface area contributed by atoms with Gasteiger partial charge in [-0.15, -0.1) is 0 Å². The fourth-order valence-electron chi connectivity index (χ4n) is 2.92. The molecule has 0 fully saturated rings. The van der Waals surface area contributed by atoms with E-state index in [-0.39, 0.29) is 26.4 Å². The van der Waals surface area contributed by atoms with Gasteiger partial charge in [0.2, 0.25) is 0 Å². The molecular formula is C28H34O8. The molecule has 0 heterocycles. The lowest BCUT2D eigenvalue weighted by Crippen LogP contribution is -2.30. The average molecular weight is 499 g/mol. The predicted octanol–water partition coefficient (Wildman–Crippen LogP) is 4.15. The number of hydrogen-bond donors (Lipinski definition) is 0. The molecule has 0 aliphatic heterocycles. The second-order valence-electron chi connectivity index (χ2n) is 7.63. The van der Waals surface area contributed by atoms with Gasteiger partial charge in [0.05, 0.1) is 13.2 Å². The van der Waals surface area contributed by atoms with Crippen LogP contribution in [0.2, 0.25) is 0 Å². The summed E-state index contributed by atoms with van der Waals surface area (Å²) in [6.07, 6.45) is 2.86. The normalized spacial score (nSPS) is 12.1. The number of esters is 2. The molecule has 8 heteroatoms. The molecule has 2 atom stereocenters. The van der Waals surface area contributed by atoms with Crippen molar-refractivity contribution in [1.29, 1.82) is 0 Å². The van der Waals surface area contributed by atoms with Gasteiger partial charge in [0.15, 0.2) is 12.2 Å². The Labute approximate surface area is 212 Å². The van der Waals surface area contributed by atoms with Gasteiger partial charge in [0, 0.05) is 25.4 Å². The molecule has 2 aromatic carbocycles. The highest BCUT2D eigenvalue weighted by Gasteiger charge is 2.15. The molecule has 0 aliphatic carbocycles. The Hall–Kier alpha value is -3.62. The summed E-state index contributed by atoms with van der Waals surface area (Å²) in [7, 11) is 0. The van der Waals surface area contributed by atoms with E-state index in [2.05, 4.69) is 13.2 Å². The molecule has 194 valence electrons. The Morgan fingerprint density at radius 2 is 1.03 bits per heavy atom. The van der Waals surface area contributed by atoms with E-state index in [1.54, 1.807) is 0 Å². The number of hydrogen-bond acceptors (Lipinski definition) is 8. The fraction of sp³-hybridized carbons (Fsp3) is 0.357. The zero-order chi connectivity index (χ0) is 25.8.